The average Bonchev–Trinajstić information content (AvgIpc) is 3.15. The molecule has 0 bridgehead atoms. The smallest absolute Gasteiger partial charge is 0.306 e. The monoisotopic (exact) mass is 467 g/mol. The van der Waals surface area contributed by atoms with Gasteiger partial charge in [-0.05, 0) is 31.0 Å². The summed E-state index contributed by atoms with van der Waals surface area (Å²) in [6, 6.07) is 4.49. The number of rotatable bonds is 10. The van der Waals surface area contributed by atoms with Crippen LogP contribution in [0.4, 0.5) is 0 Å². The van der Waals surface area contributed by atoms with Gasteiger partial charge in [0.1, 0.15) is 13.2 Å². The third-order valence-electron chi connectivity index (χ3n) is 5.50. The molecule has 1 atom stereocenters. The number of nitrogens with zero attached hydrogens (tertiary/aromatic N) is 1. The molecule has 1 unspecified atom stereocenters. The second-order valence-corrected chi connectivity index (χ2v) is 10.2. The molecule has 0 aliphatic carbocycles. The fourth-order valence-corrected chi connectivity index (χ4v) is 5.47. The number of fused-ring (bicyclic) bond motifs is 1. The van der Waals surface area contributed by atoms with Crippen molar-refractivity contribution in [3.63, 3.8) is 0 Å². The van der Waals surface area contributed by atoms with Crippen LogP contribution in [0.3, 0.4) is 0 Å². The molecule has 3 rings (SSSR count). The zero-order valence-corrected chi connectivity index (χ0v) is 19.0. The lowest BCUT2D eigenvalue weighted by Crippen LogP contribution is -2.43. The van der Waals surface area contributed by atoms with Crippen LogP contribution in [0.15, 0.2) is 18.2 Å². The van der Waals surface area contributed by atoms with E-state index in [-0.39, 0.29) is 36.2 Å². The molecular formula is C22H29NO8S. The third kappa shape index (κ3) is 6.44. The maximum Gasteiger partial charge on any atom is 0.306 e. The number of benzene rings is 1. The van der Waals surface area contributed by atoms with Crippen LogP contribution in [-0.4, -0.2) is 74.9 Å². The SMILES string of the molecule is CCCCN(C(=O)COC(=O)CCC(=O)c1ccc2c(c1)OCCO2)C1CCS(=O)(=O)C1. The Morgan fingerprint density at radius 1 is 1.12 bits per heavy atom. The Bertz CT molecular complexity index is 959. The highest BCUT2D eigenvalue weighted by molar-refractivity contribution is 7.91. The predicted molar refractivity (Wildman–Crippen MR) is 116 cm³/mol. The summed E-state index contributed by atoms with van der Waals surface area (Å²) in [6.45, 7) is 2.81. The standard InChI is InChI=1S/C22H29NO8S/c1-2-3-9-23(17-8-12-32(27,28)15-17)21(25)14-31-22(26)7-5-18(24)16-4-6-19-20(13-16)30-11-10-29-19/h4,6,13,17H,2-3,5,7-12,14-15H2,1H3. The second-order valence-electron chi connectivity index (χ2n) is 7.94. The fraction of sp³-hybridized carbons (Fsp3) is 0.591. The van der Waals surface area contributed by atoms with E-state index in [1.165, 1.54) is 4.90 Å². The highest BCUT2D eigenvalue weighted by Crippen LogP contribution is 2.31. The van der Waals surface area contributed by atoms with E-state index in [1.807, 2.05) is 6.92 Å². The Hall–Kier alpha value is -2.62. The molecule has 0 saturated carbocycles. The van der Waals surface area contributed by atoms with Crippen LogP contribution in [-0.2, 0) is 24.2 Å². The van der Waals surface area contributed by atoms with E-state index in [0.29, 0.717) is 43.2 Å². The molecule has 0 radical (unpaired) electrons. The summed E-state index contributed by atoms with van der Waals surface area (Å²) in [4.78, 5) is 38.6. The van der Waals surface area contributed by atoms with Crippen LogP contribution in [0.1, 0.15) is 49.4 Å². The summed E-state index contributed by atoms with van der Waals surface area (Å²) >= 11 is 0. The number of ether oxygens (including phenoxy) is 3. The van der Waals surface area contributed by atoms with Gasteiger partial charge in [0.15, 0.2) is 33.7 Å². The topological polar surface area (TPSA) is 116 Å². The molecule has 1 saturated heterocycles. The van der Waals surface area contributed by atoms with Crippen LogP contribution in [0, 0.1) is 0 Å². The Balaban J connectivity index is 1.47. The van der Waals surface area contributed by atoms with Gasteiger partial charge in [0, 0.05) is 24.6 Å². The van der Waals surface area contributed by atoms with Gasteiger partial charge in [-0.25, -0.2) is 8.42 Å². The number of ketones is 1. The number of esters is 1. The van der Waals surface area contributed by atoms with Crippen molar-refractivity contribution < 1.29 is 37.0 Å². The Labute approximate surface area is 187 Å². The Kier molecular flexibility index (Phi) is 8.11. The van der Waals surface area contributed by atoms with Gasteiger partial charge in [-0.15, -0.1) is 0 Å². The summed E-state index contributed by atoms with van der Waals surface area (Å²) in [6.07, 6.45) is 1.77. The minimum atomic E-state index is -3.14. The van der Waals surface area contributed by atoms with E-state index in [2.05, 4.69) is 0 Å². The average molecular weight is 468 g/mol. The second kappa shape index (κ2) is 10.8. The number of sulfone groups is 1. The van der Waals surface area contributed by atoms with Gasteiger partial charge in [0.05, 0.1) is 17.9 Å². The van der Waals surface area contributed by atoms with Gasteiger partial charge in [-0.1, -0.05) is 13.3 Å². The molecule has 0 spiro atoms. The molecule has 1 aromatic carbocycles. The van der Waals surface area contributed by atoms with E-state index >= 15 is 0 Å². The number of carbonyl (C=O) groups excluding carboxylic acids is 3. The molecule has 2 aliphatic rings. The van der Waals surface area contributed by atoms with E-state index in [0.717, 1.165) is 12.8 Å². The quantitative estimate of drug-likeness (QED) is 0.378. The van der Waals surface area contributed by atoms with Crippen molar-refractivity contribution in [2.24, 2.45) is 0 Å². The van der Waals surface area contributed by atoms with E-state index in [9.17, 15) is 22.8 Å². The first-order valence-corrected chi connectivity index (χ1v) is 12.7. The van der Waals surface area contributed by atoms with Crippen LogP contribution in [0.25, 0.3) is 0 Å². The normalized spacial score (nSPS) is 18.7. The summed E-state index contributed by atoms with van der Waals surface area (Å²) in [5.41, 5.74) is 0.409. The van der Waals surface area contributed by atoms with Gasteiger partial charge in [0.25, 0.3) is 5.91 Å². The molecule has 32 heavy (non-hydrogen) atoms. The summed E-state index contributed by atoms with van der Waals surface area (Å²) in [5.74, 6) is -0.225. The molecule has 1 aromatic rings. The molecule has 2 heterocycles. The van der Waals surface area contributed by atoms with Gasteiger partial charge in [-0.3, -0.25) is 14.4 Å². The van der Waals surface area contributed by atoms with Gasteiger partial charge in [-0.2, -0.15) is 0 Å². The fourth-order valence-electron chi connectivity index (χ4n) is 3.73. The zero-order valence-electron chi connectivity index (χ0n) is 18.2. The van der Waals surface area contributed by atoms with Gasteiger partial charge >= 0.3 is 5.97 Å². The molecule has 9 nitrogen and oxygen atoms in total. The van der Waals surface area contributed by atoms with Crippen LogP contribution >= 0.6 is 0 Å². The number of unbranched alkanes of at least 4 members (excludes halogenated alkanes) is 1. The first kappa shape index (κ1) is 24.0. The Morgan fingerprint density at radius 2 is 1.88 bits per heavy atom. The van der Waals surface area contributed by atoms with E-state index in [1.54, 1.807) is 18.2 Å². The Morgan fingerprint density at radius 3 is 2.56 bits per heavy atom. The van der Waals surface area contributed by atoms with Crippen molar-refractivity contribution in [1.29, 1.82) is 0 Å². The van der Waals surface area contributed by atoms with Crippen molar-refractivity contribution in [3.05, 3.63) is 23.8 Å². The molecule has 0 aromatic heterocycles. The van der Waals surface area contributed by atoms with Crippen LogP contribution < -0.4 is 9.47 Å². The molecule has 2 aliphatic heterocycles. The van der Waals surface area contributed by atoms with Crippen molar-refractivity contribution in [3.8, 4) is 11.5 Å². The zero-order chi connectivity index (χ0) is 23.1. The summed E-state index contributed by atoms with van der Waals surface area (Å²) < 4.78 is 39.5. The number of amides is 1. The van der Waals surface area contributed by atoms with Crippen molar-refractivity contribution >= 4 is 27.5 Å². The molecule has 10 heteroatoms. The number of hydrogen-bond donors (Lipinski definition) is 0. The third-order valence-corrected chi connectivity index (χ3v) is 7.25. The summed E-state index contributed by atoms with van der Waals surface area (Å²) in [5, 5.41) is 0. The van der Waals surface area contributed by atoms with Crippen molar-refractivity contribution in [1.82, 2.24) is 4.90 Å². The van der Waals surface area contributed by atoms with Crippen LogP contribution in [0.5, 0.6) is 11.5 Å². The molecule has 1 amide bonds. The number of Topliss-reactive ketones (excluding diaryl/α,β-unsaturated/α-hetero) is 1. The molecule has 0 N–H and O–H groups in total. The first-order valence-electron chi connectivity index (χ1n) is 10.9. The molecule has 176 valence electrons. The number of hydrogen-bond acceptors (Lipinski definition) is 8. The van der Waals surface area contributed by atoms with E-state index in [4.69, 9.17) is 14.2 Å². The minimum Gasteiger partial charge on any atom is -0.486 e. The lowest BCUT2D eigenvalue weighted by atomic mass is 10.1. The summed E-state index contributed by atoms with van der Waals surface area (Å²) in [7, 11) is -3.14. The van der Waals surface area contributed by atoms with Crippen molar-refractivity contribution in [2.75, 3.05) is 37.9 Å². The van der Waals surface area contributed by atoms with Gasteiger partial charge in [0.2, 0.25) is 0 Å². The van der Waals surface area contributed by atoms with Crippen LogP contribution in [0.2, 0.25) is 0 Å². The highest BCUT2D eigenvalue weighted by atomic mass is 32.2. The predicted octanol–water partition coefficient (Wildman–Crippen LogP) is 1.78. The maximum atomic E-state index is 12.6. The lowest BCUT2D eigenvalue weighted by molar-refractivity contribution is -0.152. The largest absolute Gasteiger partial charge is 0.486 e. The highest BCUT2D eigenvalue weighted by Gasteiger charge is 2.34. The maximum absolute atomic E-state index is 12.6. The minimum absolute atomic E-state index is 0.0551. The first-order chi connectivity index (χ1) is 15.3. The van der Waals surface area contributed by atoms with Gasteiger partial charge < -0.3 is 19.1 Å². The van der Waals surface area contributed by atoms with Crippen molar-refractivity contribution in [2.45, 2.75) is 45.1 Å². The van der Waals surface area contributed by atoms with E-state index < -0.39 is 28.3 Å². The molecule has 1 fully saturated rings. The number of carbonyl (C=O) groups is 3. The lowest BCUT2D eigenvalue weighted by Gasteiger charge is -2.28. The molecular weight excluding hydrogens is 438 g/mol.